The average Bonchev–Trinajstić information content (AvgIpc) is 3.57. The van der Waals surface area contributed by atoms with Gasteiger partial charge in [-0.1, -0.05) is 6.08 Å². The number of nitrogens with one attached hydrogen (secondary N) is 1. The monoisotopic (exact) mass is 521 g/mol. The van der Waals surface area contributed by atoms with Crippen molar-refractivity contribution in [2.45, 2.75) is 38.0 Å². The fourth-order valence-corrected chi connectivity index (χ4v) is 6.13. The largest absolute Gasteiger partial charge is 0.494 e. The van der Waals surface area contributed by atoms with E-state index in [0.29, 0.717) is 60.0 Å². The van der Waals surface area contributed by atoms with Gasteiger partial charge in [-0.05, 0) is 67.4 Å². The van der Waals surface area contributed by atoms with Crippen LogP contribution in [0.5, 0.6) is 5.75 Å². The smallest absolute Gasteiger partial charge is 0.308 e. The molecule has 0 bridgehead atoms. The minimum Gasteiger partial charge on any atom is -0.494 e. The van der Waals surface area contributed by atoms with Crippen LogP contribution < -0.4 is 4.74 Å². The van der Waals surface area contributed by atoms with Crippen molar-refractivity contribution in [3.8, 4) is 11.4 Å². The lowest BCUT2D eigenvalue weighted by Gasteiger charge is -2.29. The molecular formula is C29H29F2N3O4. The summed E-state index contributed by atoms with van der Waals surface area (Å²) in [6.45, 7) is 1.02. The van der Waals surface area contributed by atoms with Gasteiger partial charge in [-0.2, -0.15) is 5.10 Å². The SMILES string of the molecule is COc1cc(-n2c(C3=CCOCC3)c([C@H]3CC[C@H](C(=O)OC)CC3)c3c(F)c4[nH]ncc4cc32)ccc1F. The summed E-state index contributed by atoms with van der Waals surface area (Å²) < 4.78 is 48.7. The highest BCUT2D eigenvalue weighted by Crippen LogP contribution is 2.47. The van der Waals surface area contributed by atoms with Gasteiger partial charge in [0.15, 0.2) is 17.4 Å². The van der Waals surface area contributed by atoms with Crippen molar-refractivity contribution in [1.29, 1.82) is 0 Å². The molecule has 3 heterocycles. The molecular weight excluding hydrogens is 492 g/mol. The summed E-state index contributed by atoms with van der Waals surface area (Å²) in [6.07, 6.45) is 7.11. The Morgan fingerprint density at radius 3 is 2.68 bits per heavy atom. The van der Waals surface area contributed by atoms with E-state index in [1.54, 1.807) is 18.3 Å². The third-order valence-corrected chi connectivity index (χ3v) is 7.98. The number of H-pyrrole nitrogens is 1. The number of fused-ring (bicyclic) bond motifs is 2. The quantitative estimate of drug-likeness (QED) is 0.324. The van der Waals surface area contributed by atoms with E-state index in [4.69, 9.17) is 14.2 Å². The number of hydrogen-bond donors (Lipinski definition) is 1. The first-order chi connectivity index (χ1) is 18.5. The zero-order valence-corrected chi connectivity index (χ0v) is 21.4. The van der Waals surface area contributed by atoms with Crippen molar-refractivity contribution >= 4 is 33.3 Å². The number of ether oxygens (including phenoxy) is 3. The number of aromatic amines is 1. The van der Waals surface area contributed by atoms with Crippen molar-refractivity contribution in [2.75, 3.05) is 27.4 Å². The number of halogens is 2. The molecule has 0 amide bonds. The molecule has 0 radical (unpaired) electrons. The Labute approximate surface area is 218 Å². The van der Waals surface area contributed by atoms with Crippen LogP contribution in [0.15, 0.2) is 36.5 Å². The molecule has 2 aliphatic rings. The second-order valence-corrected chi connectivity index (χ2v) is 9.96. The van der Waals surface area contributed by atoms with Gasteiger partial charge in [0.1, 0.15) is 5.52 Å². The van der Waals surface area contributed by atoms with Gasteiger partial charge in [0.25, 0.3) is 0 Å². The Hall–Kier alpha value is -3.72. The summed E-state index contributed by atoms with van der Waals surface area (Å²) in [4.78, 5) is 12.2. The van der Waals surface area contributed by atoms with Crippen LogP contribution in [0, 0.1) is 17.6 Å². The van der Waals surface area contributed by atoms with E-state index in [-0.39, 0.29) is 29.4 Å². The van der Waals surface area contributed by atoms with E-state index in [0.717, 1.165) is 29.7 Å². The number of carbonyl (C=O) groups excluding carboxylic acids is 1. The molecule has 4 aromatic rings. The van der Waals surface area contributed by atoms with Crippen LogP contribution in [-0.2, 0) is 14.3 Å². The molecule has 0 unspecified atom stereocenters. The minimum atomic E-state index is -0.468. The third-order valence-electron chi connectivity index (χ3n) is 7.98. The lowest BCUT2D eigenvalue weighted by molar-refractivity contribution is -0.146. The van der Waals surface area contributed by atoms with Crippen LogP contribution in [0.3, 0.4) is 0 Å². The highest BCUT2D eigenvalue weighted by atomic mass is 19.1. The minimum absolute atomic E-state index is 0.0237. The number of methoxy groups -OCH3 is 2. The van der Waals surface area contributed by atoms with Gasteiger partial charge in [-0.3, -0.25) is 9.89 Å². The van der Waals surface area contributed by atoms with Crippen molar-refractivity contribution in [3.05, 3.63) is 59.4 Å². The van der Waals surface area contributed by atoms with E-state index in [1.807, 2.05) is 16.7 Å². The molecule has 38 heavy (non-hydrogen) atoms. The summed E-state index contributed by atoms with van der Waals surface area (Å²) in [5.41, 5.74) is 4.57. The number of aromatic nitrogens is 3. The molecule has 2 aromatic carbocycles. The predicted molar refractivity (Wildman–Crippen MR) is 140 cm³/mol. The standard InChI is InChI=1S/C29H29F2N3O4/c1-36-23-14-20(7-8-21(23)30)34-22-13-19-15-32-33-27(19)26(31)25(22)24(28(34)17-9-11-38-12-10-17)16-3-5-18(6-4-16)29(35)37-2/h7-9,13-16,18H,3-6,10-12H2,1-2H3,(H,32,33)/t16-,18-. The van der Waals surface area contributed by atoms with Gasteiger partial charge in [0.05, 0.1) is 56.4 Å². The van der Waals surface area contributed by atoms with Gasteiger partial charge in [-0.25, -0.2) is 8.78 Å². The number of esters is 1. The maximum atomic E-state index is 16.4. The first-order valence-electron chi connectivity index (χ1n) is 12.9. The molecule has 198 valence electrons. The van der Waals surface area contributed by atoms with E-state index in [1.165, 1.54) is 20.3 Å². The summed E-state index contributed by atoms with van der Waals surface area (Å²) >= 11 is 0. The molecule has 2 aromatic heterocycles. The summed E-state index contributed by atoms with van der Waals surface area (Å²) in [6, 6.07) is 6.64. The van der Waals surface area contributed by atoms with Crippen LogP contribution in [0.4, 0.5) is 8.78 Å². The zero-order valence-electron chi connectivity index (χ0n) is 21.4. The van der Waals surface area contributed by atoms with Gasteiger partial charge < -0.3 is 18.8 Å². The van der Waals surface area contributed by atoms with Crippen LogP contribution in [0.1, 0.15) is 49.3 Å². The first-order valence-corrected chi connectivity index (χ1v) is 12.9. The van der Waals surface area contributed by atoms with E-state index >= 15 is 4.39 Å². The predicted octanol–water partition coefficient (Wildman–Crippen LogP) is 6.04. The lowest BCUT2D eigenvalue weighted by atomic mass is 9.77. The van der Waals surface area contributed by atoms with Crippen LogP contribution in [0.2, 0.25) is 0 Å². The third kappa shape index (κ3) is 3.96. The number of hydrogen-bond acceptors (Lipinski definition) is 5. The highest BCUT2D eigenvalue weighted by molar-refractivity contribution is 6.01. The average molecular weight is 522 g/mol. The Morgan fingerprint density at radius 1 is 1.16 bits per heavy atom. The molecule has 1 N–H and O–H groups in total. The van der Waals surface area contributed by atoms with E-state index < -0.39 is 5.82 Å². The number of rotatable bonds is 5. The van der Waals surface area contributed by atoms with Gasteiger partial charge in [0, 0.05) is 16.8 Å². The molecule has 6 rings (SSSR count). The fraction of sp³-hybridized carbons (Fsp3) is 0.379. The van der Waals surface area contributed by atoms with Crippen molar-refractivity contribution in [2.24, 2.45) is 5.92 Å². The molecule has 0 saturated heterocycles. The highest BCUT2D eigenvalue weighted by Gasteiger charge is 2.34. The van der Waals surface area contributed by atoms with Crippen LogP contribution >= 0.6 is 0 Å². The van der Waals surface area contributed by atoms with Crippen LogP contribution in [0.25, 0.3) is 33.1 Å². The van der Waals surface area contributed by atoms with Gasteiger partial charge in [0.2, 0.25) is 0 Å². The number of nitrogens with zero attached hydrogens (tertiary/aromatic N) is 2. The number of benzene rings is 2. The van der Waals surface area contributed by atoms with Crippen LogP contribution in [-0.4, -0.2) is 48.2 Å². The van der Waals surface area contributed by atoms with Crippen molar-refractivity contribution < 1.29 is 27.8 Å². The Bertz CT molecular complexity index is 1560. The van der Waals surface area contributed by atoms with Crippen molar-refractivity contribution in [1.82, 2.24) is 14.8 Å². The second kappa shape index (κ2) is 9.87. The zero-order chi connectivity index (χ0) is 26.4. The summed E-state index contributed by atoms with van der Waals surface area (Å²) in [5.74, 6) is -1.04. The summed E-state index contributed by atoms with van der Waals surface area (Å²) in [5, 5.41) is 8.06. The fourth-order valence-electron chi connectivity index (χ4n) is 6.13. The molecule has 1 saturated carbocycles. The maximum Gasteiger partial charge on any atom is 0.308 e. The Kier molecular flexibility index (Phi) is 6.39. The topological polar surface area (TPSA) is 78.4 Å². The molecule has 1 fully saturated rings. The molecule has 0 spiro atoms. The maximum absolute atomic E-state index is 16.4. The van der Waals surface area contributed by atoms with Gasteiger partial charge >= 0.3 is 5.97 Å². The molecule has 1 aliphatic carbocycles. The second-order valence-electron chi connectivity index (χ2n) is 9.96. The van der Waals surface area contributed by atoms with E-state index in [9.17, 15) is 9.18 Å². The first kappa shape index (κ1) is 24.6. The molecule has 7 nitrogen and oxygen atoms in total. The Morgan fingerprint density at radius 2 is 1.97 bits per heavy atom. The Balaban J connectivity index is 1.65. The van der Waals surface area contributed by atoms with E-state index in [2.05, 4.69) is 10.2 Å². The summed E-state index contributed by atoms with van der Waals surface area (Å²) in [7, 11) is 2.84. The lowest BCUT2D eigenvalue weighted by Crippen LogP contribution is -2.22. The molecule has 9 heteroatoms. The molecule has 0 atom stereocenters. The molecule has 1 aliphatic heterocycles. The number of carbonyl (C=O) groups is 1. The van der Waals surface area contributed by atoms with Crippen molar-refractivity contribution in [3.63, 3.8) is 0 Å². The van der Waals surface area contributed by atoms with Gasteiger partial charge in [-0.15, -0.1) is 0 Å². The normalized spacial score (nSPS) is 20.1.